The highest BCUT2D eigenvalue weighted by Gasteiger charge is 2.21. The molecule has 5 heteroatoms. The third-order valence-corrected chi connectivity index (χ3v) is 4.54. The van der Waals surface area contributed by atoms with Crippen LogP contribution in [0.3, 0.4) is 0 Å². The maximum absolute atomic E-state index is 12.6. The van der Waals surface area contributed by atoms with Gasteiger partial charge in [0, 0.05) is 42.1 Å². The largest absolute Gasteiger partial charge is 0.337 e. The number of carbonyl (C=O) groups excluding carboxylic acids is 1. The Morgan fingerprint density at radius 2 is 2.10 bits per heavy atom. The number of carbonyl (C=O) groups is 1. The van der Waals surface area contributed by atoms with Crippen molar-refractivity contribution in [2.45, 2.75) is 13.3 Å². The summed E-state index contributed by atoms with van der Waals surface area (Å²) in [6.07, 6.45) is 1.03. The SMILES string of the molecule is Cc1c(Cl)cccc1C(=O)N1CCCN(CCBr)CC1. The van der Waals surface area contributed by atoms with Gasteiger partial charge >= 0.3 is 0 Å². The Morgan fingerprint density at radius 3 is 2.85 bits per heavy atom. The van der Waals surface area contributed by atoms with Crippen molar-refractivity contribution in [1.82, 2.24) is 9.80 Å². The molecular formula is C15H20BrClN2O. The lowest BCUT2D eigenvalue weighted by atomic mass is 10.1. The highest BCUT2D eigenvalue weighted by Crippen LogP contribution is 2.20. The second-order valence-corrected chi connectivity index (χ2v) is 6.29. The molecule has 0 bridgehead atoms. The van der Waals surface area contributed by atoms with Crippen LogP contribution in [0.2, 0.25) is 5.02 Å². The number of rotatable bonds is 3. The van der Waals surface area contributed by atoms with E-state index in [0.717, 1.165) is 55.6 Å². The molecular weight excluding hydrogens is 340 g/mol. The van der Waals surface area contributed by atoms with Crippen LogP contribution in [0.4, 0.5) is 0 Å². The summed E-state index contributed by atoms with van der Waals surface area (Å²) >= 11 is 9.58. The fourth-order valence-electron chi connectivity index (χ4n) is 2.53. The van der Waals surface area contributed by atoms with Gasteiger partial charge in [-0.2, -0.15) is 0 Å². The van der Waals surface area contributed by atoms with Crippen LogP contribution in [0.25, 0.3) is 0 Å². The van der Waals surface area contributed by atoms with Crippen molar-refractivity contribution in [3.63, 3.8) is 0 Å². The zero-order valence-corrected chi connectivity index (χ0v) is 14.1. The molecule has 1 amide bonds. The normalized spacial score (nSPS) is 17.1. The van der Waals surface area contributed by atoms with E-state index < -0.39 is 0 Å². The Morgan fingerprint density at radius 1 is 1.30 bits per heavy atom. The maximum Gasteiger partial charge on any atom is 0.254 e. The third kappa shape index (κ3) is 3.74. The molecule has 110 valence electrons. The first-order chi connectivity index (χ1) is 9.63. The first kappa shape index (κ1) is 15.8. The summed E-state index contributed by atoms with van der Waals surface area (Å²) in [5.41, 5.74) is 1.60. The molecule has 3 nitrogen and oxygen atoms in total. The molecule has 0 unspecified atom stereocenters. The van der Waals surface area contributed by atoms with E-state index in [1.165, 1.54) is 0 Å². The Labute approximate surface area is 134 Å². The number of alkyl halides is 1. The Balaban J connectivity index is 2.07. The number of amides is 1. The van der Waals surface area contributed by atoms with Crippen LogP contribution in [-0.4, -0.2) is 53.8 Å². The molecule has 1 saturated heterocycles. The van der Waals surface area contributed by atoms with Crippen LogP contribution < -0.4 is 0 Å². The van der Waals surface area contributed by atoms with Crippen molar-refractivity contribution in [2.24, 2.45) is 0 Å². The number of hydrogen-bond donors (Lipinski definition) is 0. The van der Waals surface area contributed by atoms with Gasteiger partial charge in [-0.25, -0.2) is 0 Å². The molecule has 0 saturated carbocycles. The molecule has 1 aliphatic heterocycles. The van der Waals surface area contributed by atoms with Gasteiger partial charge in [-0.05, 0) is 37.6 Å². The fraction of sp³-hybridized carbons (Fsp3) is 0.533. The highest BCUT2D eigenvalue weighted by molar-refractivity contribution is 9.09. The second-order valence-electron chi connectivity index (χ2n) is 5.09. The van der Waals surface area contributed by atoms with Gasteiger partial charge in [0.05, 0.1) is 0 Å². The molecule has 2 rings (SSSR count). The molecule has 1 fully saturated rings. The summed E-state index contributed by atoms with van der Waals surface area (Å²) in [7, 11) is 0. The summed E-state index contributed by atoms with van der Waals surface area (Å²) in [6, 6.07) is 5.54. The average molecular weight is 360 g/mol. The number of nitrogens with zero attached hydrogens (tertiary/aromatic N) is 2. The molecule has 0 aromatic heterocycles. The zero-order chi connectivity index (χ0) is 14.5. The molecule has 1 aromatic rings. The minimum atomic E-state index is 0.102. The Bertz CT molecular complexity index is 481. The quantitative estimate of drug-likeness (QED) is 0.774. The predicted molar refractivity (Wildman–Crippen MR) is 86.9 cm³/mol. The molecule has 1 heterocycles. The van der Waals surface area contributed by atoms with Gasteiger partial charge in [-0.3, -0.25) is 4.79 Å². The fourth-order valence-corrected chi connectivity index (χ4v) is 3.20. The van der Waals surface area contributed by atoms with E-state index in [0.29, 0.717) is 5.02 Å². The monoisotopic (exact) mass is 358 g/mol. The number of hydrogen-bond acceptors (Lipinski definition) is 2. The lowest BCUT2D eigenvalue weighted by Gasteiger charge is -2.22. The van der Waals surface area contributed by atoms with Gasteiger partial charge in [0.1, 0.15) is 0 Å². The number of halogens is 2. The first-order valence-electron chi connectivity index (χ1n) is 6.96. The van der Waals surface area contributed by atoms with Gasteiger partial charge in [0.2, 0.25) is 0 Å². The van der Waals surface area contributed by atoms with E-state index in [-0.39, 0.29) is 5.91 Å². The topological polar surface area (TPSA) is 23.6 Å². The lowest BCUT2D eigenvalue weighted by molar-refractivity contribution is 0.0761. The van der Waals surface area contributed by atoms with Gasteiger partial charge in [-0.1, -0.05) is 33.6 Å². The van der Waals surface area contributed by atoms with Crippen LogP contribution >= 0.6 is 27.5 Å². The molecule has 0 aliphatic carbocycles. The predicted octanol–water partition coefficient (Wildman–Crippen LogP) is 3.19. The van der Waals surface area contributed by atoms with Crippen molar-refractivity contribution in [3.05, 3.63) is 34.3 Å². The molecule has 0 spiro atoms. The molecule has 0 radical (unpaired) electrons. The van der Waals surface area contributed by atoms with Crippen LogP contribution in [0.5, 0.6) is 0 Å². The zero-order valence-electron chi connectivity index (χ0n) is 11.7. The van der Waals surface area contributed by atoms with E-state index in [9.17, 15) is 4.79 Å². The van der Waals surface area contributed by atoms with Crippen molar-refractivity contribution < 1.29 is 4.79 Å². The van der Waals surface area contributed by atoms with Crippen LogP contribution in [0.15, 0.2) is 18.2 Å². The van der Waals surface area contributed by atoms with Gasteiger partial charge in [0.25, 0.3) is 5.91 Å². The highest BCUT2D eigenvalue weighted by atomic mass is 79.9. The minimum Gasteiger partial charge on any atom is -0.337 e. The van der Waals surface area contributed by atoms with Gasteiger partial charge in [-0.15, -0.1) is 0 Å². The summed E-state index contributed by atoms with van der Waals surface area (Å²) < 4.78 is 0. The Hall–Kier alpha value is -0.580. The smallest absolute Gasteiger partial charge is 0.254 e. The van der Waals surface area contributed by atoms with E-state index in [1.807, 2.05) is 30.0 Å². The molecule has 1 aromatic carbocycles. The molecule has 20 heavy (non-hydrogen) atoms. The van der Waals surface area contributed by atoms with E-state index in [2.05, 4.69) is 20.8 Å². The third-order valence-electron chi connectivity index (χ3n) is 3.77. The van der Waals surface area contributed by atoms with Crippen molar-refractivity contribution in [1.29, 1.82) is 0 Å². The van der Waals surface area contributed by atoms with Crippen LogP contribution in [-0.2, 0) is 0 Å². The first-order valence-corrected chi connectivity index (χ1v) is 8.46. The van der Waals surface area contributed by atoms with E-state index in [4.69, 9.17) is 11.6 Å². The summed E-state index contributed by atoms with van der Waals surface area (Å²) in [4.78, 5) is 17.0. The summed E-state index contributed by atoms with van der Waals surface area (Å²) in [5.74, 6) is 0.102. The average Bonchev–Trinajstić information content (AvgIpc) is 2.67. The standard InChI is InChI=1S/C15H20BrClN2O/c1-12-13(4-2-5-14(12)17)15(20)19-8-3-7-18(9-6-16)10-11-19/h2,4-5H,3,6-11H2,1H3. The van der Waals surface area contributed by atoms with E-state index in [1.54, 1.807) is 0 Å². The minimum absolute atomic E-state index is 0.102. The van der Waals surface area contributed by atoms with Crippen molar-refractivity contribution in [2.75, 3.05) is 38.1 Å². The van der Waals surface area contributed by atoms with Crippen LogP contribution in [0, 0.1) is 6.92 Å². The van der Waals surface area contributed by atoms with Gasteiger partial charge < -0.3 is 9.80 Å². The van der Waals surface area contributed by atoms with Crippen LogP contribution in [0.1, 0.15) is 22.3 Å². The molecule has 0 atom stereocenters. The van der Waals surface area contributed by atoms with Gasteiger partial charge in [0.15, 0.2) is 0 Å². The Kier molecular flexibility index (Phi) is 5.87. The van der Waals surface area contributed by atoms with Crippen molar-refractivity contribution in [3.8, 4) is 0 Å². The molecule has 0 N–H and O–H groups in total. The second kappa shape index (κ2) is 7.43. The number of benzene rings is 1. The lowest BCUT2D eigenvalue weighted by Crippen LogP contribution is -2.36. The molecule has 1 aliphatic rings. The maximum atomic E-state index is 12.6. The van der Waals surface area contributed by atoms with Crippen molar-refractivity contribution >= 4 is 33.4 Å². The summed E-state index contributed by atoms with van der Waals surface area (Å²) in [5, 5.41) is 1.64. The van der Waals surface area contributed by atoms with E-state index >= 15 is 0 Å². The summed E-state index contributed by atoms with van der Waals surface area (Å²) in [6.45, 7) is 6.56.